The number of alkyl halides is 3. The highest BCUT2D eigenvalue weighted by atomic mass is 19.4. The summed E-state index contributed by atoms with van der Waals surface area (Å²) in [5.41, 5.74) is 0.00545. The van der Waals surface area contributed by atoms with Crippen LogP contribution in [0.25, 0.3) is 0 Å². The number of halogens is 3. The van der Waals surface area contributed by atoms with Crippen LogP contribution in [0.1, 0.15) is 33.0 Å². The van der Waals surface area contributed by atoms with E-state index in [1.165, 1.54) is 12.1 Å². The highest BCUT2D eigenvalue weighted by Gasteiger charge is 2.30. The third-order valence-electron chi connectivity index (χ3n) is 2.96. The monoisotopic (exact) mass is 282 g/mol. The van der Waals surface area contributed by atoms with Crippen molar-refractivity contribution >= 4 is 5.78 Å². The van der Waals surface area contributed by atoms with Crippen LogP contribution in [0.4, 0.5) is 13.2 Å². The van der Waals surface area contributed by atoms with Gasteiger partial charge in [-0.3, -0.25) is 4.79 Å². The first kappa shape index (κ1) is 14.4. The predicted octanol–water partition coefficient (Wildman–Crippen LogP) is 4.34. The molecule has 2 rings (SSSR count). The molecule has 0 saturated heterocycles. The second-order valence-corrected chi connectivity index (χ2v) is 4.63. The van der Waals surface area contributed by atoms with Gasteiger partial charge in [-0.25, -0.2) is 0 Å². The molecule has 0 aliphatic heterocycles. The number of aryl methyl sites for hydroxylation is 2. The zero-order valence-electron chi connectivity index (χ0n) is 11.0. The summed E-state index contributed by atoms with van der Waals surface area (Å²) in [5, 5.41) is 0. The molecule has 1 aromatic heterocycles. The van der Waals surface area contributed by atoms with E-state index in [2.05, 4.69) is 0 Å². The summed E-state index contributed by atoms with van der Waals surface area (Å²) in [6.45, 7) is 3.38. The molecule has 106 valence electrons. The van der Waals surface area contributed by atoms with E-state index in [1.807, 2.05) is 0 Å². The van der Waals surface area contributed by atoms with Gasteiger partial charge in [0.1, 0.15) is 11.5 Å². The van der Waals surface area contributed by atoms with Crippen molar-refractivity contribution < 1.29 is 22.4 Å². The highest BCUT2D eigenvalue weighted by Crippen LogP contribution is 2.29. The van der Waals surface area contributed by atoms with Gasteiger partial charge in [-0.2, -0.15) is 13.2 Å². The quantitative estimate of drug-likeness (QED) is 0.784. The number of benzene rings is 1. The van der Waals surface area contributed by atoms with Gasteiger partial charge in [0.15, 0.2) is 5.78 Å². The van der Waals surface area contributed by atoms with Crippen molar-refractivity contribution in [1.82, 2.24) is 0 Å². The van der Waals surface area contributed by atoms with E-state index < -0.39 is 11.7 Å². The molecule has 0 spiro atoms. The predicted molar refractivity (Wildman–Crippen MR) is 67.7 cm³/mol. The molecule has 0 bridgehead atoms. The maximum absolute atomic E-state index is 12.6. The number of rotatable bonds is 3. The summed E-state index contributed by atoms with van der Waals surface area (Å²) < 4.78 is 43.0. The Morgan fingerprint density at radius 1 is 1.20 bits per heavy atom. The van der Waals surface area contributed by atoms with E-state index >= 15 is 0 Å². The summed E-state index contributed by atoms with van der Waals surface area (Å²) in [7, 11) is 0. The fourth-order valence-electron chi connectivity index (χ4n) is 2.05. The third kappa shape index (κ3) is 3.10. The van der Waals surface area contributed by atoms with Crippen LogP contribution in [0.15, 0.2) is 34.7 Å². The number of carbonyl (C=O) groups is 1. The van der Waals surface area contributed by atoms with Crippen molar-refractivity contribution in [2.75, 3.05) is 0 Å². The Bertz CT molecular complexity index is 639. The van der Waals surface area contributed by atoms with Crippen LogP contribution in [0.2, 0.25) is 0 Å². The lowest BCUT2D eigenvalue weighted by Crippen LogP contribution is -2.08. The lowest BCUT2D eigenvalue weighted by Gasteiger charge is -2.08. The Balaban J connectivity index is 2.22. The number of Topliss-reactive ketones (excluding diaryl/α,β-unsaturated/α-hetero) is 1. The van der Waals surface area contributed by atoms with Crippen LogP contribution < -0.4 is 0 Å². The molecule has 0 aliphatic carbocycles. The van der Waals surface area contributed by atoms with Gasteiger partial charge in [0.2, 0.25) is 0 Å². The maximum atomic E-state index is 12.6. The Morgan fingerprint density at radius 3 is 2.45 bits per heavy atom. The summed E-state index contributed by atoms with van der Waals surface area (Å²) >= 11 is 0. The second kappa shape index (κ2) is 5.15. The maximum Gasteiger partial charge on any atom is 0.416 e. The van der Waals surface area contributed by atoms with Gasteiger partial charge in [-0.1, -0.05) is 18.2 Å². The minimum Gasteiger partial charge on any atom is -0.466 e. The largest absolute Gasteiger partial charge is 0.466 e. The molecular weight excluding hydrogens is 269 g/mol. The average molecular weight is 282 g/mol. The van der Waals surface area contributed by atoms with Crippen LogP contribution in [-0.4, -0.2) is 5.78 Å². The average Bonchev–Trinajstić information content (AvgIpc) is 2.68. The smallest absolute Gasteiger partial charge is 0.416 e. The number of carbonyl (C=O) groups excluding carboxylic acids is 1. The summed E-state index contributed by atoms with van der Waals surface area (Å²) in [6, 6.07) is 6.40. The van der Waals surface area contributed by atoms with Crippen LogP contribution in [0.3, 0.4) is 0 Å². The standard InChI is InChI=1S/C15H13F3O2/c1-9-6-13(10(2)20-9)14(19)8-11-4-3-5-12(7-11)15(16,17)18/h3-7H,8H2,1-2H3. The SMILES string of the molecule is Cc1cc(C(=O)Cc2cccc(C(F)(F)F)c2)c(C)o1. The van der Waals surface area contributed by atoms with Crippen LogP contribution in [0.5, 0.6) is 0 Å². The summed E-state index contributed by atoms with van der Waals surface area (Å²) in [5.74, 6) is 0.841. The Kier molecular flexibility index (Phi) is 3.70. The first-order valence-electron chi connectivity index (χ1n) is 6.04. The molecule has 0 saturated carbocycles. The zero-order valence-corrected chi connectivity index (χ0v) is 11.0. The second-order valence-electron chi connectivity index (χ2n) is 4.63. The molecule has 1 heterocycles. The number of ketones is 1. The van der Waals surface area contributed by atoms with E-state index in [-0.39, 0.29) is 12.2 Å². The lowest BCUT2D eigenvalue weighted by molar-refractivity contribution is -0.137. The van der Waals surface area contributed by atoms with Crippen LogP contribution >= 0.6 is 0 Å². The number of hydrogen-bond donors (Lipinski definition) is 0. The zero-order chi connectivity index (χ0) is 14.9. The van der Waals surface area contributed by atoms with Gasteiger partial charge >= 0.3 is 6.18 Å². The van der Waals surface area contributed by atoms with E-state index in [9.17, 15) is 18.0 Å². The molecule has 0 fully saturated rings. The van der Waals surface area contributed by atoms with Crippen molar-refractivity contribution in [2.45, 2.75) is 26.4 Å². The van der Waals surface area contributed by atoms with Gasteiger partial charge < -0.3 is 4.42 Å². The molecule has 0 atom stereocenters. The Hall–Kier alpha value is -2.04. The molecule has 0 unspecified atom stereocenters. The Labute approximate surface area is 114 Å². The van der Waals surface area contributed by atoms with E-state index in [4.69, 9.17) is 4.42 Å². The molecule has 1 aromatic carbocycles. The van der Waals surface area contributed by atoms with Crippen molar-refractivity contribution in [3.05, 3.63) is 58.5 Å². The topological polar surface area (TPSA) is 30.2 Å². The van der Waals surface area contributed by atoms with Gasteiger partial charge in [0, 0.05) is 6.42 Å². The Morgan fingerprint density at radius 2 is 1.90 bits per heavy atom. The minimum absolute atomic E-state index is 0.0796. The first-order chi connectivity index (χ1) is 9.27. The van der Waals surface area contributed by atoms with E-state index in [0.717, 1.165) is 12.1 Å². The molecule has 2 aromatic rings. The molecule has 20 heavy (non-hydrogen) atoms. The first-order valence-corrected chi connectivity index (χ1v) is 6.04. The molecule has 0 aliphatic rings. The lowest BCUT2D eigenvalue weighted by atomic mass is 10.0. The summed E-state index contributed by atoms with van der Waals surface area (Å²) in [6.07, 6.45) is -4.48. The summed E-state index contributed by atoms with van der Waals surface area (Å²) in [4.78, 5) is 12.1. The minimum atomic E-state index is -4.40. The molecule has 0 N–H and O–H groups in total. The number of hydrogen-bond acceptors (Lipinski definition) is 2. The molecule has 0 amide bonds. The molecule has 0 radical (unpaired) electrons. The van der Waals surface area contributed by atoms with Gasteiger partial charge in [0.05, 0.1) is 11.1 Å². The molecule has 2 nitrogen and oxygen atoms in total. The van der Waals surface area contributed by atoms with Crippen LogP contribution in [0, 0.1) is 13.8 Å². The number of furan rings is 1. The van der Waals surface area contributed by atoms with Crippen molar-refractivity contribution in [3.8, 4) is 0 Å². The van der Waals surface area contributed by atoms with Gasteiger partial charge in [-0.15, -0.1) is 0 Å². The van der Waals surface area contributed by atoms with Crippen molar-refractivity contribution in [2.24, 2.45) is 0 Å². The fourth-order valence-corrected chi connectivity index (χ4v) is 2.05. The van der Waals surface area contributed by atoms with Gasteiger partial charge in [-0.05, 0) is 31.5 Å². The van der Waals surface area contributed by atoms with Crippen molar-refractivity contribution in [3.63, 3.8) is 0 Å². The highest BCUT2D eigenvalue weighted by molar-refractivity contribution is 5.98. The normalized spacial score (nSPS) is 11.7. The van der Waals surface area contributed by atoms with Gasteiger partial charge in [0.25, 0.3) is 0 Å². The van der Waals surface area contributed by atoms with E-state index in [1.54, 1.807) is 19.9 Å². The molecular formula is C15H13F3O2. The van der Waals surface area contributed by atoms with E-state index in [0.29, 0.717) is 22.6 Å². The fraction of sp³-hybridized carbons (Fsp3) is 0.267. The third-order valence-corrected chi connectivity index (χ3v) is 2.96. The molecule has 5 heteroatoms. The van der Waals surface area contributed by atoms with Crippen LogP contribution in [-0.2, 0) is 12.6 Å². The van der Waals surface area contributed by atoms with Crippen molar-refractivity contribution in [1.29, 1.82) is 0 Å².